The van der Waals surface area contributed by atoms with E-state index in [0.717, 1.165) is 40.3 Å². The van der Waals surface area contributed by atoms with Gasteiger partial charge in [0, 0.05) is 46.9 Å². The van der Waals surface area contributed by atoms with E-state index in [4.69, 9.17) is 4.98 Å². The molecule has 0 amide bonds. The van der Waals surface area contributed by atoms with Crippen LogP contribution in [0.2, 0.25) is 0 Å². The molecule has 2 unspecified atom stereocenters. The number of ketones is 2. The average Bonchev–Trinajstić information content (AvgIpc) is 3.39. The maximum Gasteiger partial charge on any atom is 0.207 e. The lowest BCUT2D eigenvalue weighted by molar-refractivity contribution is -0.120. The number of hydrogen-bond donors (Lipinski definition) is 1. The van der Waals surface area contributed by atoms with Gasteiger partial charge in [0.2, 0.25) is 5.78 Å². The highest BCUT2D eigenvalue weighted by molar-refractivity contribution is 7.18. The lowest BCUT2D eigenvalue weighted by Gasteiger charge is -2.33. The largest absolute Gasteiger partial charge is 0.357 e. The van der Waals surface area contributed by atoms with Crippen LogP contribution >= 0.6 is 11.3 Å². The van der Waals surface area contributed by atoms with E-state index < -0.39 is 5.41 Å². The quantitative estimate of drug-likeness (QED) is 0.646. The van der Waals surface area contributed by atoms with E-state index in [1.54, 1.807) is 12.1 Å². The van der Waals surface area contributed by atoms with Crippen LogP contribution in [0.25, 0.3) is 10.9 Å². The fourth-order valence-electron chi connectivity index (χ4n) is 5.48. The second kappa shape index (κ2) is 5.79. The zero-order chi connectivity index (χ0) is 20.8. The molecule has 7 heteroatoms. The molecule has 2 fully saturated rings. The van der Waals surface area contributed by atoms with Gasteiger partial charge >= 0.3 is 0 Å². The molecule has 6 rings (SSSR count). The van der Waals surface area contributed by atoms with Gasteiger partial charge in [-0.1, -0.05) is 17.4 Å². The van der Waals surface area contributed by atoms with Crippen molar-refractivity contribution >= 4 is 38.9 Å². The molecule has 2 saturated heterocycles. The summed E-state index contributed by atoms with van der Waals surface area (Å²) in [6.07, 6.45) is 3.21. The number of carbonyl (C=O) groups is 2. The molecule has 30 heavy (non-hydrogen) atoms. The van der Waals surface area contributed by atoms with Crippen molar-refractivity contribution in [2.24, 2.45) is 0 Å². The minimum absolute atomic E-state index is 0.000495. The Morgan fingerprint density at radius 1 is 1.23 bits per heavy atom. The second-order valence-corrected chi connectivity index (χ2v) is 10.1. The predicted molar refractivity (Wildman–Crippen MR) is 114 cm³/mol. The Morgan fingerprint density at radius 2 is 1.97 bits per heavy atom. The topological polar surface area (TPSA) is 89.8 Å². The number of nitrogens with one attached hydrogen (secondary N) is 1. The number of thiazole rings is 1. The minimum atomic E-state index is -0.455. The molecule has 2 aliphatic heterocycles. The van der Waals surface area contributed by atoms with Gasteiger partial charge in [-0.3, -0.25) is 9.59 Å². The third kappa shape index (κ3) is 2.20. The molecule has 3 aromatic rings. The van der Waals surface area contributed by atoms with Crippen LogP contribution in [0, 0.1) is 11.3 Å². The Morgan fingerprint density at radius 3 is 2.67 bits per heavy atom. The van der Waals surface area contributed by atoms with Gasteiger partial charge in [-0.25, -0.2) is 4.98 Å². The van der Waals surface area contributed by atoms with Crippen LogP contribution < -0.4 is 4.90 Å². The first kappa shape index (κ1) is 17.8. The van der Waals surface area contributed by atoms with Gasteiger partial charge in [-0.05, 0) is 38.8 Å². The number of piperidine rings is 1. The fraction of sp³-hybridized carbons (Fsp3) is 0.391. The van der Waals surface area contributed by atoms with E-state index in [2.05, 4.69) is 29.8 Å². The van der Waals surface area contributed by atoms with Crippen LogP contribution in [0.1, 0.15) is 71.7 Å². The molecule has 2 atom stereocenters. The van der Waals surface area contributed by atoms with Crippen LogP contribution in [0.4, 0.5) is 5.13 Å². The number of Topliss-reactive ketones (excluding diaryl/α,β-unsaturated/α-hetero) is 1. The van der Waals surface area contributed by atoms with Gasteiger partial charge in [0.25, 0.3) is 0 Å². The van der Waals surface area contributed by atoms with Crippen LogP contribution in [-0.4, -0.2) is 33.6 Å². The molecular weight excluding hydrogens is 396 g/mol. The van der Waals surface area contributed by atoms with Crippen molar-refractivity contribution in [3.05, 3.63) is 45.6 Å². The Labute approximate surface area is 177 Å². The summed E-state index contributed by atoms with van der Waals surface area (Å²) < 4.78 is 0. The van der Waals surface area contributed by atoms with Crippen LogP contribution in [0.15, 0.2) is 18.2 Å². The molecule has 150 valence electrons. The Hall–Kier alpha value is -2.98. The smallest absolute Gasteiger partial charge is 0.207 e. The molecule has 1 aliphatic carbocycles. The van der Waals surface area contributed by atoms with Gasteiger partial charge in [-0.2, -0.15) is 5.26 Å². The highest BCUT2D eigenvalue weighted by atomic mass is 32.1. The number of hydrogen-bond acceptors (Lipinski definition) is 6. The summed E-state index contributed by atoms with van der Waals surface area (Å²) in [6, 6.07) is 8.00. The molecule has 1 aromatic carbocycles. The van der Waals surface area contributed by atoms with E-state index in [1.165, 1.54) is 11.3 Å². The van der Waals surface area contributed by atoms with Crippen LogP contribution in [0.3, 0.4) is 0 Å². The number of nitriles is 1. The van der Waals surface area contributed by atoms with Gasteiger partial charge in [0.15, 0.2) is 5.13 Å². The molecule has 1 N–H and O–H groups in total. The van der Waals surface area contributed by atoms with Crippen molar-refractivity contribution in [3.8, 4) is 6.07 Å². The Kier molecular flexibility index (Phi) is 3.45. The molecular formula is C23H20N4O2S. The van der Waals surface area contributed by atoms with Crippen molar-refractivity contribution in [1.29, 1.82) is 5.26 Å². The summed E-state index contributed by atoms with van der Waals surface area (Å²) in [6.45, 7) is 4.19. The Bertz CT molecular complexity index is 1290. The van der Waals surface area contributed by atoms with E-state index in [9.17, 15) is 14.9 Å². The molecule has 2 bridgehead atoms. The number of anilines is 1. The number of aromatic nitrogens is 2. The highest BCUT2D eigenvalue weighted by Crippen LogP contribution is 2.48. The summed E-state index contributed by atoms with van der Waals surface area (Å²) >= 11 is 1.47. The number of H-pyrrole nitrogens is 1. The first-order valence-electron chi connectivity index (χ1n) is 10.3. The number of fused-ring (bicyclic) bond motifs is 6. The monoisotopic (exact) mass is 416 g/mol. The summed E-state index contributed by atoms with van der Waals surface area (Å²) in [5.41, 5.74) is 3.28. The van der Waals surface area contributed by atoms with E-state index in [-0.39, 0.29) is 17.9 Å². The normalized spacial score (nSPS) is 24.1. The molecule has 3 aliphatic rings. The van der Waals surface area contributed by atoms with Crippen molar-refractivity contribution in [2.45, 2.75) is 57.0 Å². The van der Waals surface area contributed by atoms with E-state index in [1.807, 2.05) is 6.07 Å². The summed E-state index contributed by atoms with van der Waals surface area (Å²) in [4.78, 5) is 37.0. The van der Waals surface area contributed by atoms with Gasteiger partial charge in [-0.15, -0.1) is 0 Å². The maximum absolute atomic E-state index is 13.6. The number of nitrogens with zero attached hydrogens (tertiary/aromatic N) is 3. The van der Waals surface area contributed by atoms with Crippen molar-refractivity contribution in [3.63, 3.8) is 0 Å². The molecule has 0 radical (unpaired) electrons. The lowest BCUT2D eigenvalue weighted by Crippen LogP contribution is -2.43. The summed E-state index contributed by atoms with van der Waals surface area (Å²) in [5.74, 6) is 0.342. The minimum Gasteiger partial charge on any atom is -0.357 e. The third-order valence-corrected chi connectivity index (χ3v) is 8.03. The zero-order valence-electron chi connectivity index (χ0n) is 16.8. The molecule has 0 spiro atoms. The zero-order valence-corrected chi connectivity index (χ0v) is 17.6. The number of rotatable bonds is 1. The van der Waals surface area contributed by atoms with Crippen LogP contribution in [-0.2, 0) is 10.2 Å². The average molecular weight is 417 g/mol. The van der Waals surface area contributed by atoms with E-state index in [0.29, 0.717) is 34.6 Å². The van der Waals surface area contributed by atoms with Gasteiger partial charge in [0.05, 0.1) is 22.9 Å². The summed E-state index contributed by atoms with van der Waals surface area (Å²) in [5, 5.41) is 10.9. The first-order chi connectivity index (χ1) is 14.4. The number of benzene rings is 1. The van der Waals surface area contributed by atoms with Crippen molar-refractivity contribution in [1.82, 2.24) is 9.97 Å². The summed E-state index contributed by atoms with van der Waals surface area (Å²) in [7, 11) is 0. The highest BCUT2D eigenvalue weighted by Gasteiger charge is 2.46. The van der Waals surface area contributed by atoms with Crippen LogP contribution in [0.5, 0.6) is 0 Å². The third-order valence-electron chi connectivity index (χ3n) is 6.96. The lowest BCUT2D eigenvalue weighted by atomic mass is 9.77. The SMILES string of the molecule is CC1(C)c2nc(N3C4CCC3CC(=O)C4)sc2C(=O)c2c1[nH]c1cc(C#N)ccc21. The van der Waals surface area contributed by atoms with Crippen molar-refractivity contribution < 1.29 is 9.59 Å². The maximum atomic E-state index is 13.6. The first-order valence-corrected chi connectivity index (χ1v) is 11.1. The standard InChI is InChI=1S/C23H20N4O2S/c1-23(2)20-17(15-6-3-11(10-24)7-16(15)25-20)18(29)19-21(23)26-22(30-19)27-12-4-5-13(27)9-14(28)8-12/h3,6-7,12-13,25H,4-5,8-9H2,1-2H3. The number of carbonyl (C=O) groups excluding carboxylic acids is 2. The fourth-order valence-corrected chi connectivity index (χ4v) is 6.80. The molecule has 2 aromatic heterocycles. The Balaban J connectivity index is 1.50. The molecule has 0 saturated carbocycles. The second-order valence-electron chi connectivity index (χ2n) is 9.11. The molecule has 4 heterocycles. The van der Waals surface area contributed by atoms with E-state index >= 15 is 0 Å². The number of aromatic amines is 1. The van der Waals surface area contributed by atoms with Crippen molar-refractivity contribution in [2.75, 3.05) is 4.90 Å². The van der Waals surface area contributed by atoms with Gasteiger partial charge < -0.3 is 9.88 Å². The molecule has 6 nitrogen and oxygen atoms in total. The van der Waals surface area contributed by atoms with Gasteiger partial charge in [0.1, 0.15) is 10.7 Å². The predicted octanol–water partition coefficient (Wildman–Crippen LogP) is 4.07.